The molecule has 0 amide bonds. The molecule has 0 N–H and O–H groups in total. The number of ketones is 3. The summed E-state index contributed by atoms with van der Waals surface area (Å²) < 4.78 is 5.94. The van der Waals surface area contributed by atoms with E-state index in [1.807, 2.05) is 0 Å². The van der Waals surface area contributed by atoms with Crippen LogP contribution in [0.5, 0.6) is 0 Å². The normalized spacial score (nSPS) is 22.6. The standard InChI is InChI=1S/C24H42O4/c1-2-3-4-13-20-28-24-19-12-11-17-22(26)15-8-5-7-14-21(25)16-9-6-10-18-23(24)27/h24H,2-20H2,1H3. The summed E-state index contributed by atoms with van der Waals surface area (Å²) >= 11 is 0. The second kappa shape index (κ2) is 16.9. The van der Waals surface area contributed by atoms with Gasteiger partial charge >= 0.3 is 0 Å². The highest BCUT2D eigenvalue weighted by molar-refractivity contribution is 5.83. The summed E-state index contributed by atoms with van der Waals surface area (Å²) in [5.74, 6) is 0.845. The van der Waals surface area contributed by atoms with E-state index in [4.69, 9.17) is 4.74 Å². The Balaban J connectivity index is 2.47. The molecule has 1 saturated carbocycles. The van der Waals surface area contributed by atoms with Crippen LogP contribution in [0.15, 0.2) is 0 Å². The van der Waals surface area contributed by atoms with Crippen molar-refractivity contribution >= 4 is 17.3 Å². The van der Waals surface area contributed by atoms with Gasteiger partial charge in [-0.1, -0.05) is 39.0 Å². The van der Waals surface area contributed by atoms with E-state index in [1.54, 1.807) is 0 Å². The molecule has 1 aliphatic carbocycles. The Hall–Kier alpha value is -1.03. The zero-order chi connectivity index (χ0) is 20.5. The van der Waals surface area contributed by atoms with Crippen LogP contribution >= 0.6 is 0 Å². The fraction of sp³-hybridized carbons (Fsp3) is 0.875. The third-order valence-electron chi connectivity index (χ3n) is 5.64. The van der Waals surface area contributed by atoms with Crippen molar-refractivity contribution in [2.45, 2.75) is 129 Å². The van der Waals surface area contributed by atoms with Gasteiger partial charge in [0.1, 0.15) is 17.7 Å². The molecular formula is C24H42O4. The van der Waals surface area contributed by atoms with Crippen LogP contribution in [0, 0.1) is 0 Å². The van der Waals surface area contributed by atoms with Crippen molar-refractivity contribution in [1.29, 1.82) is 0 Å². The van der Waals surface area contributed by atoms with Crippen LogP contribution in [0.2, 0.25) is 0 Å². The lowest BCUT2D eigenvalue weighted by Gasteiger charge is -2.17. The third kappa shape index (κ3) is 13.2. The van der Waals surface area contributed by atoms with Crippen molar-refractivity contribution in [3.05, 3.63) is 0 Å². The molecule has 0 heterocycles. The second-order valence-corrected chi connectivity index (χ2v) is 8.33. The van der Waals surface area contributed by atoms with Gasteiger partial charge in [0.2, 0.25) is 0 Å². The van der Waals surface area contributed by atoms with Crippen LogP contribution in [0.3, 0.4) is 0 Å². The molecule has 1 unspecified atom stereocenters. The van der Waals surface area contributed by atoms with E-state index < -0.39 is 0 Å². The number of hydrogen-bond donors (Lipinski definition) is 0. The highest BCUT2D eigenvalue weighted by Gasteiger charge is 2.18. The van der Waals surface area contributed by atoms with Gasteiger partial charge in [0.05, 0.1) is 0 Å². The largest absolute Gasteiger partial charge is 0.370 e. The molecule has 28 heavy (non-hydrogen) atoms. The topological polar surface area (TPSA) is 60.4 Å². The molecule has 162 valence electrons. The summed E-state index contributed by atoms with van der Waals surface area (Å²) in [6.45, 7) is 2.84. The minimum absolute atomic E-state index is 0.203. The number of ether oxygens (including phenoxy) is 1. The molecule has 0 saturated heterocycles. The first-order valence-electron chi connectivity index (χ1n) is 11.8. The van der Waals surface area contributed by atoms with Crippen molar-refractivity contribution in [1.82, 2.24) is 0 Å². The van der Waals surface area contributed by atoms with Gasteiger partial charge < -0.3 is 4.74 Å². The van der Waals surface area contributed by atoms with E-state index in [9.17, 15) is 14.4 Å². The number of carbonyl (C=O) groups is 3. The van der Waals surface area contributed by atoms with E-state index in [-0.39, 0.29) is 11.9 Å². The predicted octanol–water partition coefficient (Wildman–Crippen LogP) is 6.13. The van der Waals surface area contributed by atoms with Crippen molar-refractivity contribution in [3.8, 4) is 0 Å². The molecule has 0 aromatic carbocycles. The van der Waals surface area contributed by atoms with Gasteiger partial charge in [-0.05, 0) is 51.4 Å². The first kappa shape index (κ1) is 25.0. The van der Waals surface area contributed by atoms with E-state index in [0.29, 0.717) is 50.3 Å². The van der Waals surface area contributed by atoms with Crippen molar-refractivity contribution < 1.29 is 19.1 Å². The van der Waals surface area contributed by atoms with E-state index in [2.05, 4.69) is 6.92 Å². The molecule has 1 aliphatic rings. The number of Topliss-reactive ketones (excluding diaryl/α,β-unsaturated/α-hetero) is 3. The molecule has 4 heteroatoms. The van der Waals surface area contributed by atoms with Crippen molar-refractivity contribution in [2.75, 3.05) is 6.61 Å². The minimum atomic E-state index is -0.308. The zero-order valence-electron chi connectivity index (χ0n) is 18.1. The molecule has 1 atom stereocenters. The summed E-state index contributed by atoms with van der Waals surface area (Å²) in [6, 6.07) is 0. The monoisotopic (exact) mass is 394 g/mol. The third-order valence-corrected chi connectivity index (χ3v) is 5.64. The summed E-state index contributed by atoms with van der Waals surface area (Å²) in [4.78, 5) is 36.5. The van der Waals surface area contributed by atoms with Gasteiger partial charge in [-0.15, -0.1) is 0 Å². The molecule has 0 aliphatic heterocycles. The molecular weight excluding hydrogens is 352 g/mol. The Morgan fingerprint density at radius 3 is 1.79 bits per heavy atom. The van der Waals surface area contributed by atoms with Gasteiger partial charge in [0.15, 0.2) is 5.78 Å². The van der Waals surface area contributed by atoms with Gasteiger partial charge in [-0.3, -0.25) is 14.4 Å². The maximum atomic E-state index is 12.6. The van der Waals surface area contributed by atoms with Gasteiger partial charge in [0.25, 0.3) is 0 Å². The maximum Gasteiger partial charge on any atom is 0.161 e. The summed E-state index contributed by atoms with van der Waals surface area (Å²) in [7, 11) is 0. The Morgan fingerprint density at radius 2 is 1.21 bits per heavy atom. The Morgan fingerprint density at radius 1 is 0.679 bits per heavy atom. The highest BCUT2D eigenvalue weighted by Crippen LogP contribution is 2.16. The van der Waals surface area contributed by atoms with E-state index in [1.165, 1.54) is 12.8 Å². The lowest BCUT2D eigenvalue weighted by Crippen LogP contribution is -2.25. The number of hydrogen-bond acceptors (Lipinski definition) is 4. The highest BCUT2D eigenvalue weighted by atomic mass is 16.5. The van der Waals surface area contributed by atoms with Crippen molar-refractivity contribution in [2.24, 2.45) is 0 Å². The van der Waals surface area contributed by atoms with Crippen LogP contribution in [0.1, 0.15) is 122 Å². The lowest BCUT2D eigenvalue weighted by molar-refractivity contribution is -0.131. The number of unbranched alkanes of at least 4 members (excludes halogenated alkanes) is 3. The molecule has 0 bridgehead atoms. The molecule has 0 aromatic heterocycles. The lowest BCUT2D eigenvalue weighted by atomic mass is 9.98. The molecule has 4 nitrogen and oxygen atoms in total. The van der Waals surface area contributed by atoms with Crippen molar-refractivity contribution in [3.63, 3.8) is 0 Å². The quantitative estimate of drug-likeness (QED) is 0.508. The number of rotatable bonds is 6. The Labute approximate surface area is 172 Å². The molecule has 0 spiro atoms. The first-order valence-corrected chi connectivity index (χ1v) is 11.8. The molecule has 0 radical (unpaired) electrons. The predicted molar refractivity (Wildman–Crippen MR) is 114 cm³/mol. The second-order valence-electron chi connectivity index (χ2n) is 8.33. The Bertz CT molecular complexity index is 444. The molecule has 1 rings (SSSR count). The van der Waals surface area contributed by atoms with Crippen LogP contribution in [0.4, 0.5) is 0 Å². The fourth-order valence-electron chi connectivity index (χ4n) is 3.77. The van der Waals surface area contributed by atoms with Gasteiger partial charge in [-0.2, -0.15) is 0 Å². The SMILES string of the molecule is CCCCCCOC1CCCCC(=O)CCCCCC(=O)CCCCCC1=O. The van der Waals surface area contributed by atoms with Crippen LogP contribution in [-0.4, -0.2) is 30.1 Å². The van der Waals surface area contributed by atoms with Crippen LogP contribution < -0.4 is 0 Å². The van der Waals surface area contributed by atoms with Gasteiger partial charge in [-0.25, -0.2) is 0 Å². The van der Waals surface area contributed by atoms with Crippen LogP contribution in [0.25, 0.3) is 0 Å². The van der Waals surface area contributed by atoms with Crippen LogP contribution in [-0.2, 0) is 19.1 Å². The maximum absolute atomic E-state index is 12.6. The average Bonchev–Trinajstić information content (AvgIpc) is 2.68. The van der Waals surface area contributed by atoms with E-state index in [0.717, 1.165) is 70.6 Å². The zero-order valence-corrected chi connectivity index (χ0v) is 18.1. The smallest absolute Gasteiger partial charge is 0.161 e. The summed E-state index contributed by atoms with van der Waals surface area (Å²) in [6.07, 6.45) is 15.2. The fourth-order valence-corrected chi connectivity index (χ4v) is 3.77. The van der Waals surface area contributed by atoms with E-state index >= 15 is 0 Å². The van der Waals surface area contributed by atoms with Gasteiger partial charge in [0, 0.05) is 38.7 Å². The molecule has 0 aromatic rings. The minimum Gasteiger partial charge on any atom is -0.370 e. The number of carbonyl (C=O) groups excluding carboxylic acids is 3. The first-order chi connectivity index (χ1) is 13.6. The Kier molecular flexibility index (Phi) is 15.1. The summed E-state index contributed by atoms with van der Waals surface area (Å²) in [5.41, 5.74) is 0. The summed E-state index contributed by atoms with van der Waals surface area (Å²) in [5, 5.41) is 0. The average molecular weight is 395 g/mol. The molecule has 1 fully saturated rings.